The summed E-state index contributed by atoms with van der Waals surface area (Å²) in [4.78, 5) is 4.91. The van der Waals surface area contributed by atoms with Gasteiger partial charge in [-0.2, -0.15) is 0 Å². The molecule has 0 saturated carbocycles. The predicted molar refractivity (Wildman–Crippen MR) is 58.8 cm³/mol. The quantitative estimate of drug-likeness (QED) is 0.736. The summed E-state index contributed by atoms with van der Waals surface area (Å²) in [6.07, 6.45) is 3.85. The van der Waals surface area contributed by atoms with Crippen LogP contribution in [0, 0.1) is 0 Å². The molecule has 0 aromatic carbocycles. The Kier molecular flexibility index (Phi) is 3.75. The van der Waals surface area contributed by atoms with Gasteiger partial charge in [0.2, 0.25) is 0 Å². The van der Waals surface area contributed by atoms with Gasteiger partial charge in [0.25, 0.3) is 0 Å². The molecule has 4 heteroatoms. The summed E-state index contributed by atoms with van der Waals surface area (Å²) in [5.41, 5.74) is 1.07. The molecule has 0 N–H and O–H groups in total. The van der Waals surface area contributed by atoms with Crippen LogP contribution in [0.1, 0.15) is 12.1 Å². The van der Waals surface area contributed by atoms with E-state index in [2.05, 4.69) is 22.0 Å². The van der Waals surface area contributed by atoms with Gasteiger partial charge < -0.3 is 14.3 Å². The number of aryl methyl sites for hydroxylation is 1. The van der Waals surface area contributed by atoms with Crippen molar-refractivity contribution in [2.45, 2.75) is 12.8 Å². The second-order valence-electron chi connectivity index (χ2n) is 4.24. The molecule has 1 aliphatic heterocycles. The van der Waals surface area contributed by atoms with Crippen molar-refractivity contribution in [3.05, 3.63) is 18.0 Å². The van der Waals surface area contributed by atoms with Crippen LogP contribution >= 0.6 is 0 Å². The standard InChI is InChI=1S/C11H19N3O/c1-13-6-8-14(9-7-13)5-2-3-11-4-10-15-12-11/h4,10H,2-3,5-9H2,1H3. The van der Waals surface area contributed by atoms with Crippen LogP contribution in [0.15, 0.2) is 16.9 Å². The van der Waals surface area contributed by atoms with Crippen molar-refractivity contribution in [3.8, 4) is 0 Å². The van der Waals surface area contributed by atoms with Crippen LogP contribution in [-0.2, 0) is 6.42 Å². The highest BCUT2D eigenvalue weighted by atomic mass is 16.5. The van der Waals surface area contributed by atoms with E-state index in [1.807, 2.05) is 6.07 Å². The lowest BCUT2D eigenvalue weighted by Gasteiger charge is -2.32. The zero-order valence-corrected chi connectivity index (χ0v) is 9.35. The second-order valence-corrected chi connectivity index (χ2v) is 4.24. The average molecular weight is 209 g/mol. The third-order valence-corrected chi connectivity index (χ3v) is 2.99. The first-order valence-corrected chi connectivity index (χ1v) is 5.65. The second kappa shape index (κ2) is 5.28. The first kappa shape index (κ1) is 10.6. The average Bonchev–Trinajstić information content (AvgIpc) is 2.74. The van der Waals surface area contributed by atoms with Gasteiger partial charge in [-0.3, -0.25) is 0 Å². The fourth-order valence-electron chi connectivity index (χ4n) is 1.92. The summed E-state index contributed by atoms with van der Waals surface area (Å²) < 4.78 is 4.80. The smallest absolute Gasteiger partial charge is 0.124 e. The first-order valence-electron chi connectivity index (χ1n) is 5.65. The molecule has 1 saturated heterocycles. The van der Waals surface area contributed by atoms with Gasteiger partial charge in [-0.05, 0) is 26.4 Å². The lowest BCUT2D eigenvalue weighted by Crippen LogP contribution is -2.44. The highest BCUT2D eigenvalue weighted by Gasteiger charge is 2.12. The summed E-state index contributed by atoms with van der Waals surface area (Å²) in [5, 5.41) is 3.91. The molecule has 4 nitrogen and oxygen atoms in total. The number of likely N-dealkylation sites (N-methyl/N-ethyl adjacent to an activating group) is 1. The number of rotatable bonds is 4. The maximum Gasteiger partial charge on any atom is 0.124 e. The van der Waals surface area contributed by atoms with Gasteiger partial charge in [-0.25, -0.2) is 0 Å². The molecule has 0 radical (unpaired) electrons. The van der Waals surface area contributed by atoms with E-state index in [-0.39, 0.29) is 0 Å². The number of nitrogens with zero attached hydrogens (tertiary/aromatic N) is 3. The van der Waals surface area contributed by atoms with Crippen LogP contribution in [0.3, 0.4) is 0 Å². The zero-order chi connectivity index (χ0) is 10.5. The monoisotopic (exact) mass is 209 g/mol. The molecule has 0 atom stereocenters. The topological polar surface area (TPSA) is 32.5 Å². The first-order chi connectivity index (χ1) is 7.34. The molecule has 2 heterocycles. The molecule has 15 heavy (non-hydrogen) atoms. The van der Waals surface area contributed by atoms with Gasteiger partial charge in [0.15, 0.2) is 0 Å². The Hall–Kier alpha value is -0.870. The van der Waals surface area contributed by atoms with Crippen LogP contribution in [0.2, 0.25) is 0 Å². The SMILES string of the molecule is CN1CCN(CCCc2ccon2)CC1. The summed E-state index contributed by atoms with van der Waals surface area (Å²) >= 11 is 0. The predicted octanol–water partition coefficient (Wildman–Crippen LogP) is 0.855. The molecule has 84 valence electrons. The Balaban J connectivity index is 1.62. The Bertz CT molecular complexity index is 265. The largest absolute Gasteiger partial charge is 0.365 e. The third-order valence-electron chi connectivity index (χ3n) is 2.99. The van der Waals surface area contributed by atoms with Crippen LogP contribution in [0.25, 0.3) is 0 Å². The van der Waals surface area contributed by atoms with E-state index >= 15 is 0 Å². The molecule has 0 unspecified atom stereocenters. The third kappa shape index (κ3) is 3.32. The fraction of sp³-hybridized carbons (Fsp3) is 0.727. The highest BCUT2D eigenvalue weighted by molar-refractivity contribution is 4.95. The van der Waals surface area contributed by atoms with Crippen molar-refractivity contribution in [2.24, 2.45) is 0 Å². The molecule has 0 spiro atoms. The van der Waals surface area contributed by atoms with Crippen molar-refractivity contribution in [3.63, 3.8) is 0 Å². The summed E-state index contributed by atoms with van der Waals surface area (Å²) in [5.74, 6) is 0. The molecule has 0 aliphatic carbocycles. The van der Waals surface area contributed by atoms with Crippen molar-refractivity contribution in [1.29, 1.82) is 0 Å². The lowest BCUT2D eigenvalue weighted by atomic mass is 10.2. The Morgan fingerprint density at radius 3 is 2.80 bits per heavy atom. The van der Waals surface area contributed by atoms with Gasteiger partial charge >= 0.3 is 0 Å². The number of piperazine rings is 1. The Labute approximate surface area is 90.8 Å². The minimum absolute atomic E-state index is 1.03. The van der Waals surface area contributed by atoms with Crippen LogP contribution in [-0.4, -0.2) is 54.7 Å². The minimum atomic E-state index is 1.03. The van der Waals surface area contributed by atoms with E-state index in [0.717, 1.165) is 12.1 Å². The van der Waals surface area contributed by atoms with Crippen molar-refractivity contribution < 1.29 is 4.52 Å². The molecular formula is C11H19N3O. The van der Waals surface area contributed by atoms with Crippen molar-refractivity contribution in [2.75, 3.05) is 39.8 Å². The van der Waals surface area contributed by atoms with Crippen LogP contribution in [0.5, 0.6) is 0 Å². The van der Waals surface area contributed by atoms with E-state index in [4.69, 9.17) is 4.52 Å². The van der Waals surface area contributed by atoms with Gasteiger partial charge in [-0.1, -0.05) is 5.16 Å². The van der Waals surface area contributed by atoms with Gasteiger partial charge in [0.05, 0.1) is 5.69 Å². The van der Waals surface area contributed by atoms with E-state index in [0.29, 0.717) is 0 Å². The number of aromatic nitrogens is 1. The molecule has 1 aliphatic rings. The van der Waals surface area contributed by atoms with E-state index < -0.39 is 0 Å². The number of hydrogen-bond donors (Lipinski definition) is 0. The van der Waals surface area contributed by atoms with Crippen LogP contribution in [0.4, 0.5) is 0 Å². The van der Waals surface area contributed by atoms with Gasteiger partial charge in [0.1, 0.15) is 6.26 Å². The summed E-state index contributed by atoms with van der Waals surface area (Å²) in [6, 6.07) is 1.95. The van der Waals surface area contributed by atoms with E-state index in [1.165, 1.54) is 39.1 Å². The van der Waals surface area contributed by atoms with E-state index in [1.54, 1.807) is 6.26 Å². The molecule has 0 amide bonds. The van der Waals surface area contributed by atoms with Gasteiger partial charge in [0, 0.05) is 32.2 Å². The molecule has 1 aromatic heterocycles. The molecule has 1 fully saturated rings. The number of hydrogen-bond acceptors (Lipinski definition) is 4. The molecule has 1 aromatic rings. The highest BCUT2D eigenvalue weighted by Crippen LogP contribution is 2.03. The summed E-state index contributed by atoms with van der Waals surface area (Å²) in [6.45, 7) is 5.99. The van der Waals surface area contributed by atoms with E-state index in [9.17, 15) is 0 Å². The molecule has 2 rings (SSSR count). The van der Waals surface area contributed by atoms with Crippen LogP contribution < -0.4 is 0 Å². The van der Waals surface area contributed by atoms with Crippen molar-refractivity contribution >= 4 is 0 Å². The normalized spacial score (nSPS) is 19.5. The Morgan fingerprint density at radius 2 is 2.13 bits per heavy atom. The maximum atomic E-state index is 4.80. The lowest BCUT2D eigenvalue weighted by molar-refractivity contribution is 0.153. The van der Waals surface area contributed by atoms with Gasteiger partial charge in [-0.15, -0.1) is 0 Å². The molecule has 0 bridgehead atoms. The Morgan fingerprint density at radius 1 is 1.33 bits per heavy atom. The minimum Gasteiger partial charge on any atom is -0.365 e. The fourth-order valence-corrected chi connectivity index (χ4v) is 1.92. The summed E-state index contributed by atoms with van der Waals surface area (Å²) in [7, 11) is 2.19. The van der Waals surface area contributed by atoms with Crippen molar-refractivity contribution in [1.82, 2.24) is 15.0 Å². The maximum absolute atomic E-state index is 4.80. The zero-order valence-electron chi connectivity index (χ0n) is 9.35. The molecular weight excluding hydrogens is 190 g/mol.